The van der Waals surface area contributed by atoms with Crippen LogP contribution in [0.1, 0.15) is 31.9 Å². The second-order valence-electron chi connectivity index (χ2n) is 6.45. The zero-order valence-corrected chi connectivity index (χ0v) is 19.2. The summed E-state index contributed by atoms with van der Waals surface area (Å²) >= 11 is 2.03. The van der Waals surface area contributed by atoms with Crippen LogP contribution in [0.5, 0.6) is 11.5 Å². The SMILES string of the molecule is CCOc1cc(/C=C2\N=C(c3ccc(NC(C)=O)cc3)OC2=O)cc(I)c1OC(C)=O. The quantitative estimate of drug-likeness (QED) is 0.261. The minimum atomic E-state index is -0.585. The molecule has 3 rings (SSSR count). The summed E-state index contributed by atoms with van der Waals surface area (Å²) in [6.45, 7) is 4.93. The maximum Gasteiger partial charge on any atom is 0.363 e. The number of rotatable bonds is 6. The molecule has 0 saturated carbocycles. The molecular formula is C22H19IN2O6. The van der Waals surface area contributed by atoms with Crippen LogP contribution in [0.15, 0.2) is 47.1 Å². The number of nitrogens with one attached hydrogen (secondary N) is 1. The van der Waals surface area contributed by atoms with Gasteiger partial charge in [0.15, 0.2) is 17.2 Å². The van der Waals surface area contributed by atoms with Crippen LogP contribution >= 0.6 is 22.6 Å². The number of aliphatic imine (C=N–C) groups is 1. The van der Waals surface area contributed by atoms with Crippen LogP contribution in [0.25, 0.3) is 6.08 Å². The fourth-order valence-corrected chi connectivity index (χ4v) is 3.50. The highest BCUT2D eigenvalue weighted by molar-refractivity contribution is 14.1. The van der Waals surface area contributed by atoms with E-state index in [1.165, 1.54) is 13.8 Å². The van der Waals surface area contributed by atoms with Crippen molar-refractivity contribution in [3.63, 3.8) is 0 Å². The van der Waals surface area contributed by atoms with Crippen LogP contribution in [-0.4, -0.2) is 30.4 Å². The number of carbonyl (C=O) groups is 3. The van der Waals surface area contributed by atoms with Gasteiger partial charge in [-0.1, -0.05) is 0 Å². The zero-order valence-electron chi connectivity index (χ0n) is 17.0. The maximum atomic E-state index is 12.3. The third-order valence-electron chi connectivity index (χ3n) is 3.95. The van der Waals surface area contributed by atoms with Gasteiger partial charge < -0.3 is 19.5 Å². The van der Waals surface area contributed by atoms with E-state index in [-0.39, 0.29) is 17.5 Å². The van der Waals surface area contributed by atoms with Crippen LogP contribution in [-0.2, 0) is 19.1 Å². The first-order valence-corrected chi connectivity index (χ1v) is 10.4. The Labute approximate surface area is 192 Å². The minimum absolute atomic E-state index is 0.124. The summed E-state index contributed by atoms with van der Waals surface area (Å²) < 4.78 is 16.8. The molecule has 8 nitrogen and oxygen atoms in total. The summed E-state index contributed by atoms with van der Waals surface area (Å²) in [7, 11) is 0. The van der Waals surface area contributed by atoms with Gasteiger partial charge >= 0.3 is 11.9 Å². The van der Waals surface area contributed by atoms with E-state index in [9.17, 15) is 14.4 Å². The monoisotopic (exact) mass is 534 g/mol. The molecule has 0 aliphatic carbocycles. The van der Waals surface area contributed by atoms with Crippen molar-refractivity contribution in [2.45, 2.75) is 20.8 Å². The van der Waals surface area contributed by atoms with E-state index < -0.39 is 11.9 Å². The Bertz CT molecular complexity index is 1110. The van der Waals surface area contributed by atoms with E-state index in [1.54, 1.807) is 42.5 Å². The summed E-state index contributed by atoms with van der Waals surface area (Å²) in [5.41, 5.74) is 1.99. The van der Waals surface area contributed by atoms with Gasteiger partial charge in [0, 0.05) is 25.1 Å². The zero-order chi connectivity index (χ0) is 22.5. The number of amides is 1. The van der Waals surface area contributed by atoms with Gasteiger partial charge in [-0.05, 0) is 77.6 Å². The van der Waals surface area contributed by atoms with Crippen molar-refractivity contribution in [2.24, 2.45) is 4.99 Å². The summed E-state index contributed by atoms with van der Waals surface area (Å²) in [6.07, 6.45) is 1.57. The molecule has 0 saturated heterocycles. The Morgan fingerprint density at radius 3 is 2.52 bits per heavy atom. The predicted octanol–water partition coefficient (Wildman–Crippen LogP) is 3.92. The molecule has 9 heteroatoms. The Hall–Kier alpha value is -3.21. The number of ether oxygens (including phenoxy) is 3. The molecule has 1 N–H and O–H groups in total. The summed E-state index contributed by atoms with van der Waals surface area (Å²) in [6, 6.07) is 10.2. The third kappa shape index (κ3) is 5.69. The molecule has 0 spiro atoms. The number of esters is 2. The van der Waals surface area contributed by atoms with E-state index in [2.05, 4.69) is 10.3 Å². The molecular weight excluding hydrogens is 515 g/mol. The molecule has 0 radical (unpaired) electrons. The largest absolute Gasteiger partial charge is 0.490 e. The predicted molar refractivity (Wildman–Crippen MR) is 123 cm³/mol. The highest BCUT2D eigenvalue weighted by Gasteiger charge is 2.24. The van der Waals surface area contributed by atoms with E-state index in [0.29, 0.717) is 38.5 Å². The Morgan fingerprint density at radius 2 is 1.90 bits per heavy atom. The van der Waals surface area contributed by atoms with Crippen molar-refractivity contribution in [3.05, 3.63) is 56.8 Å². The van der Waals surface area contributed by atoms with Crippen molar-refractivity contribution in [2.75, 3.05) is 11.9 Å². The fourth-order valence-electron chi connectivity index (χ4n) is 2.77. The number of benzene rings is 2. The second-order valence-corrected chi connectivity index (χ2v) is 7.61. The normalized spacial score (nSPS) is 14.1. The Balaban J connectivity index is 1.90. The molecule has 1 aliphatic rings. The number of cyclic esters (lactones) is 1. The molecule has 2 aromatic carbocycles. The van der Waals surface area contributed by atoms with Crippen molar-refractivity contribution >= 4 is 58.1 Å². The molecule has 1 heterocycles. The van der Waals surface area contributed by atoms with Gasteiger partial charge in [0.1, 0.15) is 0 Å². The lowest BCUT2D eigenvalue weighted by molar-refractivity contribution is -0.132. The molecule has 1 aliphatic heterocycles. The number of carbonyl (C=O) groups excluding carboxylic acids is 3. The molecule has 2 aromatic rings. The molecule has 0 fully saturated rings. The van der Waals surface area contributed by atoms with Gasteiger partial charge in [-0.3, -0.25) is 9.59 Å². The van der Waals surface area contributed by atoms with Gasteiger partial charge in [-0.25, -0.2) is 9.79 Å². The Morgan fingerprint density at radius 1 is 1.19 bits per heavy atom. The first kappa shape index (κ1) is 22.5. The average molecular weight is 534 g/mol. The first-order chi connectivity index (χ1) is 14.8. The van der Waals surface area contributed by atoms with Crippen LogP contribution in [0.3, 0.4) is 0 Å². The molecule has 0 unspecified atom stereocenters. The molecule has 1 amide bonds. The van der Waals surface area contributed by atoms with Crippen LogP contribution in [0.2, 0.25) is 0 Å². The van der Waals surface area contributed by atoms with Crippen LogP contribution < -0.4 is 14.8 Å². The van der Waals surface area contributed by atoms with E-state index in [4.69, 9.17) is 14.2 Å². The molecule has 0 aromatic heterocycles. The number of hydrogen-bond acceptors (Lipinski definition) is 7. The standard InChI is InChI=1S/C22H19IN2O6/c1-4-29-19-11-14(9-17(23)20(19)30-13(3)27)10-18-22(28)31-21(25-18)15-5-7-16(8-6-15)24-12(2)26/h5-11H,4H2,1-3H3,(H,24,26)/b18-10-. The lowest BCUT2D eigenvalue weighted by Gasteiger charge is -2.12. The Kier molecular flexibility index (Phi) is 7.06. The van der Waals surface area contributed by atoms with Crippen molar-refractivity contribution in [1.82, 2.24) is 0 Å². The highest BCUT2D eigenvalue weighted by atomic mass is 127. The molecule has 0 atom stereocenters. The minimum Gasteiger partial charge on any atom is -0.490 e. The topological polar surface area (TPSA) is 103 Å². The van der Waals surface area contributed by atoms with Crippen molar-refractivity contribution in [1.29, 1.82) is 0 Å². The highest BCUT2D eigenvalue weighted by Crippen LogP contribution is 2.35. The number of anilines is 1. The van der Waals surface area contributed by atoms with Crippen LogP contribution in [0.4, 0.5) is 5.69 Å². The van der Waals surface area contributed by atoms with Crippen molar-refractivity contribution in [3.8, 4) is 11.5 Å². The van der Waals surface area contributed by atoms with Gasteiger partial charge in [-0.2, -0.15) is 0 Å². The van der Waals surface area contributed by atoms with E-state index >= 15 is 0 Å². The van der Waals surface area contributed by atoms with Gasteiger partial charge in [0.05, 0.1) is 10.2 Å². The van der Waals surface area contributed by atoms with Gasteiger partial charge in [-0.15, -0.1) is 0 Å². The lowest BCUT2D eigenvalue weighted by atomic mass is 10.1. The molecule has 31 heavy (non-hydrogen) atoms. The maximum absolute atomic E-state index is 12.3. The summed E-state index contributed by atoms with van der Waals surface area (Å²) in [5, 5.41) is 2.67. The second kappa shape index (κ2) is 9.73. The number of halogens is 1. The number of nitrogens with zero attached hydrogens (tertiary/aromatic N) is 1. The van der Waals surface area contributed by atoms with Gasteiger partial charge in [0.25, 0.3) is 0 Å². The molecule has 0 bridgehead atoms. The summed E-state index contributed by atoms with van der Waals surface area (Å²) in [5.74, 6) is -0.332. The van der Waals surface area contributed by atoms with E-state index in [0.717, 1.165) is 0 Å². The van der Waals surface area contributed by atoms with Crippen molar-refractivity contribution < 1.29 is 28.6 Å². The van der Waals surface area contributed by atoms with E-state index in [1.807, 2.05) is 29.5 Å². The number of hydrogen-bond donors (Lipinski definition) is 1. The first-order valence-electron chi connectivity index (χ1n) is 9.32. The lowest BCUT2D eigenvalue weighted by Crippen LogP contribution is -2.07. The summed E-state index contributed by atoms with van der Waals surface area (Å²) in [4.78, 5) is 39.1. The third-order valence-corrected chi connectivity index (χ3v) is 4.75. The van der Waals surface area contributed by atoms with Crippen LogP contribution in [0, 0.1) is 3.57 Å². The van der Waals surface area contributed by atoms with Gasteiger partial charge in [0.2, 0.25) is 11.8 Å². The molecule has 160 valence electrons. The fraction of sp³-hybridized carbons (Fsp3) is 0.182. The average Bonchev–Trinajstić information content (AvgIpc) is 3.05. The smallest absolute Gasteiger partial charge is 0.363 e.